The van der Waals surface area contributed by atoms with Crippen LogP contribution in [0.4, 0.5) is 0 Å². The SMILES string of the molecule is [2H]C([2H])([2H])C([2H])(NC[C@H](O)COc1ccc(O)cc1)C([2H])([2H])[2H]. The van der Waals surface area contributed by atoms with Crippen LogP contribution in [0.2, 0.25) is 0 Å². The van der Waals surface area contributed by atoms with Gasteiger partial charge in [0.25, 0.3) is 0 Å². The number of ether oxygens (including phenoxy) is 1. The molecular formula is C12H19NO3. The van der Waals surface area contributed by atoms with Crippen molar-refractivity contribution in [2.24, 2.45) is 0 Å². The van der Waals surface area contributed by atoms with Gasteiger partial charge >= 0.3 is 0 Å². The second-order valence-electron chi connectivity index (χ2n) is 3.21. The number of hydrogen-bond donors (Lipinski definition) is 3. The molecule has 0 amide bonds. The molecule has 0 unspecified atom stereocenters. The summed E-state index contributed by atoms with van der Waals surface area (Å²) in [6.07, 6.45) is -1.22. The van der Waals surface area contributed by atoms with Gasteiger partial charge in [-0.25, -0.2) is 0 Å². The van der Waals surface area contributed by atoms with Gasteiger partial charge in [0, 0.05) is 22.2 Å². The highest BCUT2D eigenvalue weighted by Crippen LogP contribution is 2.15. The molecule has 1 atom stereocenters. The topological polar surface area (TPSA) is 61.7 Å². The van der Waals surface area contributed by atoms with Gasteiger partial charge in [0.15, 0.2) is 0 Å². The second kappa shape index (κ2) is 6.35. The van der Waals surface area contributed by atoms with Gasteiger partial charge < -0.3 is 20.3 Å². The van der Waals surface area contributed by atoms with E-state index in [-0.39, 0.29) is 12.4 Å². The Morgan fingerprint density at radius 2 is 2.12 bits per heavy atom. The summed E-state index contributed by atoms with van der Waals surface area (Å²) >= 11 is 0. The highest BCUT2D eigenvalue weighted by molar-refractivity contribution is 5.30. The number of phenolic OH excluding ortho intramolecular Hbond substituents is 1. The minimum absolute atomic E-state index is 0.0499. The summed E-state index contributed by atoms with van der Waals surface area (Å²) in [4.78, 5) is 0. The van der Waals surface area contributed by atoms with Crippen molar-refractivity contribution in [1.82, 2.24) is 5.32 Å². The maximum Gasteiger partial charge on any atom is 0.119 e. The molecule has 0 aromatic heterocycles. The average Bonchev–Trinajstić information content (AvgIpc) is 2.41. The number of hydrogen-bond acceptors (Lipinski definition) is 4. The molecule has 1 aromatic carbocycles. The van der Waals surface area contributed by atoms with E-state index in [4.69, 9.17) is 19.4 Å². The Morgan fingerprint density at radius 3 is 2.75 bits per heavy atom. The zero-order valence-electron chi connectivity index (χ0n) is 15.6. The molecule has 0 fully saturated rings. The Morgan fingerprint density at radius 1 is 1.44 bits per heavy atom. The molecule has 1 aromatic rings. The van der Waals surface area contributed by atoms with Gasteiger partial charge in [-0.2, -0.15) is 0 Å². The van der Waals surface area contributed by atoms with Crippen LogP contribution in [0.15, 0.2) is 24.3 Å². The van der Waals surface area contributed by atoms with Crippen molar-refractivity contribution < 1.29 is 24.5 Å². The average molecular weight is 232 g/mol. The summed E-state index contributed by atoms with van der Waals surface area (Å²) in [7, 11) is 0. The third kappa shape index (κ3) is 5.00. The fourth-order valence-corrected chi connectivity index (χ4v) is 1.01. The number of aliphatic hydroxyl groups excluding tert-OH is 1. The zero-order valence-corrected chi connectivity index (χ0v) is 8.60. The fourth-order valence-electron chi connectivity index (χ4n) is 1.01. The molecule has 0 heterocycles. The lowest BCUT2D eigenvalue weighted by Crippen LogP contribution is -2.35. The lowest BCUT2D eigenvalue weighted by molar-refractivity contribution is 0.104. The smallest absolute Gasteiger partial charge is 0.119 e. The Bertz CT molecular complexity index is 487. The van der Waals surface area contributed by atoms with E-state index >= 15 is 0 Å². The summed E-state index contributed by atoms with van der Waals surface area (Å²) < 4.78 is 56.3. The summed E-state index contributed by atoms with van der Waals surface area (Å²) in [5, 5.41) is 21.0. The number of rotatable bonds is 6. The van der Waals surface area contributed by atoms with Crippen molar-refractivity contribution >= 4 is 0 Å². The molecule has 0 spiro atoms. The molecule has 1 rings (SSSR count). The van der Waals surface area contributed by atoms with Crippen LogP contribution in [0, 0.1) is 0 Å². The number of benzene rings is 1. The van der Waals surface area contributed by atoms with Gasteiger partial charge in [-0.3, -0.25) is 0 Å². The molecule has 0 radical (unpaired) electrons. The Balaban J connectivity index is 2.59. The number of aromatic hydroxyl groups is 1. The standard InChI is InChI=1S/C12H19NO3/c1-9(2)13-7-11(15)8-16-12-5-3-10(14)4-6-12/h3-6,9,11,13-15H,7-8H2,1-2H3/t11-/m0/s1/i1D3,2D3,9D. The highest BCUT2D eigenvalue weighted by atomic mass is 16.5. The van der Waals surface area contributed by atoms with E-state index in [0.717, 1.165) is 0 Å². The van der Waals surface area contributed by atoms with Gasteiger partial charge in [0.2, 0.25) is 0 Å². The highest BCUT2D eigenvalue weighted by Gasteiger charge is 2.05. The zero-order chi connectivity index (χ0) is 17.9. The van der Waals surface area contributed by atoms with Crippen LogP contribution in [-0.2, 0) is 0 Å². The van der Waals surface area contributed by atoms with Crippen LogP contribution in [-0.4, -0.2) is 35.5 Å². The van der Waals surface area contributed by atoms with E-state index in [1.807, 2.05) is 0 Å². The van der Waals surface area contributed by atoms with Crippen molar-refractivity contribution in [3.05, 3.63) is 24.3 Å². The predicted molar refractivity (Wildman–Crippen MR) is 62.7 cm³/mol. The first-order valence-electron chi connectivity index (χ1n) is 8.22. The van der Waals surface area contributed by atoms with Crippen molar-refractivity contribution in [2.45, 2.75) is 25.8 Å². The molecule has 0 bridgehead atoms. The third-order valence-electron chi connectivity index (χ3n) is 1.79. The first-order valence-corrected chi connectivity index (χ1v) is 4.72. The normalized spacial score (nSPS) is 21.4. The Labute approximate surface area is 106 Å². The first-order chi connectivity index (χ1) is 10.4. The van der Waals surface area contributed by atoms with Gasteiger partial charge in [-0.05, 0) is 24.3 Å². The molecule has 90 valence electrons. The van der Waals surface area contributed by atoms with Crippen LogP contribution in [0.1, 0.15) is 23.3 Å². The largest absolute Gasteiger partial charge is 0.508 e. The van der Waals surface area contributed by atoms with E-state index in [1.165, 1.54) is 24.3 Å². The Kier molecular flexibility index (Phi) is 2.34. The van der Waals surface area contributed by atoms with Crippen molar-refractivity contribution in [3.8, 4) is 11.5 Å². The van der Waals surface area contributed by atoms with Crippen molar-refractivity contribution in [1.29, 1.82) is 0 Å². The van der Waals surface area contributed by atoms with Crippen LogP contribution in [0.3, 0.4) is 0 Å². The second-order valence-corrected chi connectivity index (χ2v) is 3.21. The van der Waals surface area contributed by atoms with E-state index in [0.29, 0.717) is 5.75 Å². The van der Waals surface area contributed by atoms with Gasteiger partial charge in [0.05, 0.1) is 0 Å². The molecular weight excluding hydrogens is 206 g/mol. The molecule has 0 aliphatic carbocycles. The minimum Gasteiger partial charge on any atom is -0.508 e. The summed E-state index contributed by atoms with van der Waals surface area (Å²) in [6, 6.07) is 2.82. The number of phenols is 1. The van der Waals surface area contributed by atoms with Gasteiger partial charge in [-0.15, -0.1) is 0 Å². The van der Waals surface area contributed by atoms with Crippen LogP contribution in [0.5, 0.6) is 11.5 Å². The van der Waals surface area contributed by atoms with Crippen molar-refractivity contribution in [2.75, 3.05) is 13.2 Å². The lowest BCUT2D eigenvalue weighted by atomic mass is 10.3. The first kappa shape index (κ1) is 5.89. The third-order valence-corrected chi connectivity index (χ3v) is 1.79. The number of nitrogens with one attached hydrogen (secondary N) is 1. The lowest BCUT2D eigenvalue weighted by Gasteiger charge is -2.14. The minimum atomic E-state index is -3.10. The predicted octanol–water partition coefficient (Wildman–Crippen LogP) is 1.13. The van der Waals surface area contributed by atoms with E-state index in [9.17, 15) is 5.11 Å². The molecule has 0 aliphatic rings. The quantitative estimate of drug-likeness (QED) is 0.688. The Hall–Kier alpha value is -1.26. The van der Waals surface area contributed by atoms with E-state index in [2.05, 4.69) is 5.32 Å². The molecule has 4 heteroatoms. The molecule has 0 saturated carbocycles. The van der Waals surface area contributed by atoms with Gasteiger partial charge in [0.1, 0.15) is 24.2 Å². The monoisotopic (exact) mass is 232 g/mol. The molecule has 4 nitrogen and oxygen atoms in total. The van der Waals surface area contributed by atoms with Crippen LogP contribution in [0.25, 0.3) is 0 Å². The van der Waals surface area contributed by atoms with Gasteiger partial charge in [-0.1, -0.05) is 13.7 Å². The maximum absolute atomic E-state index is 9.77. The molecule has 3 N–H and O–H groups in total. The summed E-state index contributed by atoms with van der Waals surface area (Å²) in [6.45, 7) is -6.89. The van der Waals surface area contributed by atoms with Crippen molar-refractivity contribution in [3.63, 3.8) is 0 Å². The van der Waals surface area contributed by atoms with E-state index < -0.39 is 32.4 Å². The maximum atomic E-state index is 9.77. The summed E-state index contributed by atoms with van der Waals surface area (Å²) in [5.74, 6) is 0.416. The van der Waals surface area contributed by atoms with Crippen LogP contribution >= 0.6 is 0 Å². The van der Waals surface area contributed by atoms with Crippen LogP contribution < -0.4 is 10.1 Å². The molecule has 0 aliphatic heterocycles. The van der Waals surface area contributed by atoms with E-state index in [1.54, 1.807) is 0 Å². The number of aliphatic hydroxyl groups is 1. The molecule has 16 heavy (non-hydrogen) atoms. The fraction of sp³-hybridized carbons (Fsp3) is 0.500. The summed E-state index contributed by atoms with van der Waals surface area (Å²) in [5.41, 5.74) is 0. The molecule has 0 saturated heterocycles.